The van der Waals surface area contributed by atoms with Crippen molar-refractivity contribution in [3.8, 4) is 0 Å². The van der Waals surface area contributed by atoms with Gasteiger partial charge >= 0.3 is 0 Å². The molecular formula is C12H22OS2. The first-order valence-corrected chi connectivity index (χ1v) is 8.34. The summed E-state index contributed by atoms with van der Waals surface area (Å²) in [5.74, 6) is 3.11. The molecule has 1 heterocycles. The van der Waals surface area contributed by atoms with E-state index in [0.29, 0.717) is 16.4 Å². The molecule has 0 aromatic carbocycles. The van der Waals surface area contributed by atoms with E-state index in [4.69, 9.17) is 0 Å². The van der Waals surface area contributed by atoms with Gasteiger partial charge in [-0.3, -0.25) is 0 Å². The van der Waals surface area contributed by atoms with E-state index in [9.17, 15) is 5.11 Å². The highest BCUT2D eigenvalue weighted by molar-refractivity contribution is 8.07. The third-order valence-corrected chi connectivity index (χ3v) is 7.07. The zero-order chi connectivity index (χ0) is 10.7. The number of hydrogen-bond donors (Lipinski definition) is 1. The largest absolute Gasteiger partial charge is 0.392 e. The Kier molecular flexibility index (Phi) is 4.71. The lowest BCUT2D eigenvalue weighted by atomic mass is 9.96. The summed E-state index contributed by atoms with van der Waals surface area (Å²) in [6.45, 7) is 2.26. The third kappa shape index (κ3) is 2.86. The molecule has 1 nitrogen and oxygen atoms in total. The van der Waals surface area contributed by atoms with Gasteiger partial charge in [0.15, 0.2) is 0 Å². The van der Waals surface area contributed by atoms with Crippen molar-refractivity contribution in [2.75, 3.05) is 11.5 Å². The summed E-state index contributed by atoms with van der Waals surface area (Å²) >= 11 is 4.10. The minimum Gasteiger partial charge on any atom is -0.392 e. The monoisotopic (exact) mass is 246 g/mol. The Morgan fingerprint density at radius 2 is 1.87 bits per heavy atom. The molecule has 15 heavy (non-hydrogen) atoms. The topological polar surface area (TPSA) is 20.2 Å². The molecule has 1 aliphatic heterocycles. The molecule has 3 unspecified atom stereocenters. The molecular weight excluding hydrogens is 224 g/mol. The van der Waals surface area contributed by atoms with Gasteiger partial charge in [-0.1, -0.05) is 19.8 Å². The molecule has 0 aromatic heterocycles. The van der Waals surface area contributed by atoms with Crippen molar-refractivity contribution in [1.82, 2.24) is 0 Å². The van der Waals surface area contributed by atoms with Crippen LogP contribution in [0.3, 0.4) is 0 Å². The van der Waals surface area contributed by atoms with Crippen LogP contribution in [0, 0.1) is 5.92 Å². The van der Waals surface area contributed by atoms with Crippen LogP contribution in [0.1, 0.15) is 39.0 Å². The second kappa shape index (κ2) is 5.83. The summed E-state index contributed by atoms with van der Waals surface area (Å²) in [7, 11) is 0. The molecule has 2 aliphatic rings. The number of aliphatic hydroxyl groups is 1. The van der Waals surface area contributed by atoms with Gasteiger partial charge < -0.3 is 5.11 Å². The fraction of sp³-hybridized carbons (Fsp3) is 1.00. The highest BCUT2D eigenvalue weighted by atomic mass is 32.2. The maximum atomic E-state index is 10.4. The van der Waals surface area contributed by atoms with Gasteiger partial charge in [0, 0.05) is 22.0 Å². The first kappa shape index (κ1) is 12.1. The molecule has 1 aliphatic carbocycles. The third-order valence-electron chi connectivity index (χ3n) is 3.71. The first-order valence-electron chi connectivity index (χ1n) is 6.24. The molecule has 0 bridgehead atoms. The number of aliphatic hydroxyl groups excluding tert-OH is 1. The molecule has 0 aromatic rings. The van der Waals surface area contributed by atoms with E-state index in [2.05, 4.69) is 18.7 Å². The van der Waals surface area contributed by atoms with Crippen molar-refractivity contribution in [2.45, 2.75) is 55.6 Å². The Bertz CT molecular complexity index is 192. The zero-order valence-corrected chi connectivity index (χ0v) is 11.2. The summed E-state index contributed by atoms with van der Waals surface area (Å²) in [6, 6.07) is 0. The van der Waals surface area contributed by atoms with Crippen molar-refractivity contribution in [2.24, 2.45) is 5.92 Å². The predicted molar refractivity (Wildman–Crippen MR) is 70.7 cm³/mol. The minimum atomic E-state index is -0.0322. The average molecular weight is 246 g/mol. The summed E-state index contributed by atoms with van der Waals surface area (Å²) in [6.07, 6.45) is 6.38. The lowest BCUT2D eigenvalue weighted by Gasteiger charge is -2.35. The van der Waals surface area contributed by atoms with Crippen LogP contribution in [0.2, 0.25) is 0 Å². The van der Waals surface area contributed by atoms with Crippen molar-refractivity contribution < 1.29 is 5.11 Å². The van der Waals surface area contributed by atoms with Crippen molar-refractivity contribution in [3.05, 3.63) is 0 Å². The van der Waals surface area contributed by atoms with Crippen LogP contribution in [0.5, 0.6) is 0 Å². The smallest absolute Gasteiger partial charge is 0.0697 e. The SMILES string of the molecule is CCC1SCCSC1C(O)C1CCCC1. The molecule has 2 fully saturated rings. The fourth-order valence-electron chi connectivity index (χ4n) is 2.82. The second-order valence-electron chi connectivity index (χ2n) is 4.69. The number of thioether (sulfide) groups is 2. The van der Waals surface area contributed by atoms with Gasteiger partial charge in [-0.05, 0) is 25.2 Å². The molecule has 1 N–H and O–H groups in total. The van der Waals surface area contributed by atoms with E-state index in [1.807, 2.05) is 11.8 Å². The first-order chi connectivity index (χ1) is 7.33. The van der Waals surface area contributed by atoms with E-state index in [1.165, 1.54) is 43.6 Å². The van der Waals surface area contributed by atoms with Crippen LogP contribution in [0.4, 0.5) is 0 Å². The zero-order valence-electron chi connectivity index (χ0n) is 9.52. The second-order valence-corrected chi connectivity index (χ2v) is 7.32. The van der Waals surface area contributed by atoms with Crippen LogP contribution >= 0.6 is 23.5 Å². The molecule has 0 spiro atoms. The highest BCUT2D eigenvalue weighted by Gasteiger charge is 2.36. The van der Waals surface area contributed by atoms with Crippen molar-refractivity contribution in [1.29, 1.82) is 0 Å². The number of hydrogen-bond acceptors (Lipinski definition) is 3. The quantitative estimate of drug-likeness (QED) is 0.826. The predicted octanol–water partition coefficient (Wildman–Crippen LogP) is 3.16. The summed E-state index contributed by atoms with van der Waals surface area (Å²) in [5.41, 5.74) is 0. The van der Waals surface area contributed by atoms with Gasteiger partial charge in [0.05, 0.1) is 6.10 Å². The molecule has 3 heteroatoms. The molecule has 3 atom stereocenters. The van der Waals surface area contributed by atoms with E-state index in [0.717, 1.165) is 0 Å². The summed E-state index contributed by atoms with van der Waals surface area (Å²) in [5, 5.41) is 11.6. The van der Waals surface area contributed by atoms with Gasteiger partial charge in [0.2, 0.25) is 0 Å². The standard InChI is InChI=1S/C12H22OS2/c1-2-10-12(15-8-7-14-10)11(13)9-5-3-4-6-9/h9-13H,2-8H2,1H3. The molecule has 1 saturated heterocycles. The maximum Gasteiger partial charge on any atom is 0.0697 e. The molecule has 2 rings (SSSR count). The van der Waals surface area contributed by atoms with Crippen molar-refractivity contribution in [3.63, 3.8) is 0 Å². The summed E-state index contributed by atoms with van der Waals surface area (Å²) in [4.78, 5) is 0. The van der Waals surface area contributed by atoms with Gasteiger partial charge in [-0.2, -0.15) is 23.5 Å². The minimum absolute atomic E-state index is 0.0322. The Morgan fingerprint density at radius 3 is 2.53 bits per heavy atom. The van der Waals surface area contributed by atoms with E-state index in [1.54, 1.807) is 0 Å². The molecule has 0 amide bonds. The Morgan fingerprint density at radius 1 is 1.20 bits per heavy atom. The Hall–Kier alpha value is 0.660. The Labute approximate surface area is 102 Å². The van der Waals surface area contributed by atoms with Gasteiger partial charge in [-0.15, -0.1) is 0 Å². The van der Waals surface area contributed by atoms with E-state index >= 15 is 0 Å². The van der Waals surface area contributed by atoms with Crippen LogP contribution in [0.25, 0.3) is 0 Å². The molecule has 88 valence electrons. The summed E-state index contributed by atoms with van der Waals surface area (Å²) < 4.78 is 0. The van der Waals surface area contributed by atoms with Gasteiger partial charge in [0.1, 0.15) is 0 Å². The highest BCUT2D eigenvalue weighted by Crippen LogP contribution is 2.40. The average Bonchev–Trinajstić information content (AvgIpc) is 2.81. The number of rotatable bonds is 3. The molecule has 0 radical (unpaired) electrons. The lowest BCUT2D eigenvalue weighted by Crippen LogP contribution is -2.39. The lowest BCUT2D eigenvalue weighted by molar-refractivity contribution is 0.106. The maximum absolute atomic E-state index is 10.4. The van der Waals surface area contributed by atoms with Gasteiger partial charge in [-0.25, -0.2) is 0 Å². The van der Waals surface area contributed by atoms with E-state index < -0.39 is 0 Å². The van der Waals surface area contributed by atoms with Gasteiger partial charge in [0.25, 0.3) is 0 Å². The van der Waals surface area contributed by atoms with Crippen LogP contribution < -0.4 is 0 Å². The van der Waals surface area contributed by atoms with Crippen LogP contribution in [-0.2, 0) is 0 Å². The van der Waals surface area contributed by atoms with E-state index in [-0.39, 0.29) is 6.10 Å². The molecule has 1 saturated carbocycles. The van der Waals surface area contributed by atoms with Crippen LogP contribution in [0.15, 0.2) is 0 Å². The Balaban J connectivity index is 1.93. The van der Waals surface area contributed by atoms with Crippen LogP contribution in [-0.4, -0.2) is 33.2 Å². The normalized spacial score (nSPS) is 35.6. The van der Waals surface area contributed by atoms with Crippen molar-refractivity contribution >= 4 is 23.5 Å². The fourth-order valence-corrected chi connectivity index (χ4v) is 6.05.